The molecule has 1 amide bonds. The number of aromatic nitrogens is 2. The van der Waals surface area contributed by atoms with Gasteiger partial charge in [-0.3, -0.25) is 14.6 Å². The van der Waals surface area contributed by atoms with Crippen LogP contribution in [0.3, 0.4) is 0 Å². The smallest absolute Gasteiger partial charge is 0.263 e. The average Bonchev–Trinajstić information content (AvgIpc) is 2.76. The molecule has 2 N–H and O–H groups in total. The summed E-state index contributed by atoms with van der Waals surface area (Å²) in [6, 6.07) is 7.33. The zero-order valence-electron chi connectivity index (χ0n) is 17.2. The molecule has 3 aliphatic heterocycles. The minimum atomic E-state index is -0.972. The minimum Gasteiger partial charge on any atom is -0.385 e. The number of nitrogens with one attached hydrogen (secondary N) is 1. The zero-order chi connectivity index (χ0) is 20.0. The van der Waals surface area contributed by atoms with E-state index in [1.807, 2.05) is 22.8 Å². The van der Waals surface area contributed by atoms with Crippen LogP contribution in [-0.4, -0.2) is 51.6 Å². The van der Waals surface area contributed by atoms with Crippen molar-refractivity contribution in [2.24, 2.45) is 5.92 Å². The number of aliphatic hydroxyl groups is 1. The summed E-state index contributed by atoms with van der Waals surface area (Å²) in [4.78, 5) is 32.0. The van der Waals surface area contributed by atoms with E-state index < -0.39 is 5.60 Å². The van der Waals surface area contributed by atoms with E-state index in [0.717, 1.165) is 30.8 Å². The Kier molecular flexibility index (Phi) is 7.11. The lowest BCUT2D eigenvalue weighted by atomic mass is 9.84. The number of piperidine rings is 2. The summed E-state index contributed by atoms with van der Waals surface area (Å²) in [5.41, 5.74) is 0.923. The molecule has 2 bridgehead atoms. The molecule has 0 unspecified atom stereocenters. The summed E-state index contributed by atoms with van der Waals surface area (Å²) >= 11 is 0. The lowest BCUT2D eigenvalue weighted by Crippen LogP contribution is -2.48. The second-order valence-corrected chi connectivity index (χ2v) is 8.61. The third-order valence-corrected chi connectivity index (χ3v) is 6.82. The number of carbonyl (C=O) groups is 1. The van der Waals surface area contributed by atoms with Crippen molar-refractivity contribution in [1.29, 1.82) is 0 Å². The van der Waals surface area contributed by atoms with Crippen molar-refractivity contribution >= 4 is 30.7 Å². The number of rotatable bonds is 2. The quantitative estimate of drug-likeness (QED) is 0.705. The number of nitrogens with zero attached hydrogens (tertiary/aromatic N) is 3. The van der Waals surface area contributed by atoms with E-state index in [9.17, 15) is 14.7 Å². The Bertz CT molecular complexity index is 990. The Morgan fingerprint density at radius 2 is 1.94 bits per heavy atom. The van der Waals surface area contributed by atoms with E-state index in [4.69, 9.17) is 0 Å². The van der Waals surface area contributed by atoms with Crippen LogP contribution in [0, 0.1) is 5.92 Å². The van der Waals surface area contributed by atoms with E-state index >= 15 is 0 Å². The molecule has 31 heavy (non-hydrogen) atoms. The number of likely N-dealkylation sites (tertiary alicyclic amines) is 1. The maximum absolute atomic E-state index is 13.1. The molecule has 2 aromatic rings. The van der Waals surface area contributed by atoms with Gasteiger partial charge in [0.05, 0.1) is 5.60 Å². The van der Waals surface area contributed by atoms with Crippen molar-refractivity contribution in [1.82, 2.24) is 19.8 Å². The van der Waals surface area contributed by atoms with Crippen molar-refractivity contribution in [2.45, 2.75) is 37.3 Å². The molecule has 3 aliphatic rings. The van der Waals surface area contributed by atoms with Gasteiger partial charge in [0, 0.05) is 55.7 Å². The van der Waals surface area contributed by atoms with Crippen molar-refractivity contribution in [3.05, 3.63) is 63.8 Å². The summed E-state index contributed by atoms with van der Waals surface area (Å²) < 4.78 is 1.82. The highest BCUT2D eigenvalue weighted by molar-refractivity contribution is 5.94. The van der Waals surface area contributed by atoms with Crippen LogP contribution in [0.5, 0.6) is 0 Å². The van der Waals surface area contributed by atoms with Crippen molar-refractivity contribution < 1.29 is 9.90 Å². The van der Waals surface area contributed by atoms with Gasteiger partial charge in [-0.2, -0.15) is 0 Å². The highest BCUT2D eigenvalue weighted by atomic mass is 35.5. The van der Waals surface area contributed by atoms with Crippen molar-refractivity contribution in [2.75, 3.05) is 26.2 Å². The zero-order valence-corrected chi connectivity index (χ0v) is 18.8. The van der Waals surface area contributed by atoms with Crippen LogP contribution >= 0.6 is 24.8 Å². The van der Waals surface area contributed by atoms with E-state index in [0.29, 0.717) is 44.3 Å². The van der Waals surface area contributed by atoms with Crippen LogP contribution in [0.25, 0.3) is 0 Å². The first-order chi connectivity index (χ1) is 14.0. The van der Waals surface area contributed by atoms with Gasteiger partial charge in [-0.1, -0.05) is 6.07 Å². The number of pyridine rings is 2. The average molecular weight is 467 g/mol. The Balaban J connectivity index is 0.00000136. The van der Waals surface area contributed by atoms with Crippen LogP contribution in [0.1, 0.15) is 46.8 Å². The lowest BCUT2D eigenvalue weighted by molar-refractivity contribution is -0.0214. The van der Waals surface area contributed by atoms with Crippen molar-refractivity contribution in [3.8, 4) is 0 Å². The molecule has 2 aromatic heterocycles. The van der Waals surface area contributed by atoms with Gasteiger partial charge >= 0.3 is 0 Å². The summed E-state index contributed by atoms with van der Waals surface area (Å²) in [6.45, 7) is 3.34. The number of amides is 1. The van der Waals surface area contributed by atoms with Gasteiger partial charge in [-0.05, 0) is 49.9 Å². The molecule has 0 radical (unpaired) electrons. The molecule has 2 saturated heterocycles. The monoisotopic (exact) mass is 466 g/mol. The van der Waals surface area contributed by atoms with Gasteiger partial charge in [0.1, 0.15) is 5.56 Å². The third kappa shape index (κ3) is 4.24. The largest absolute Gasteiger partial charge is 0.385 e. The highest BCUT2D eigenvalue weighted by Crippen LogP contribution is 2.34. The molecular formula is C22H28Cl2N4O3. The molecule has 9 heteroatoms. The highest BCUT2D eigenvalue weighted by Gasteiger charge is 2.37. The fourth-order valence-corrected chi connectivity index (χ4v) is 5.13. The fourth-order valence-electron chi connectivity index (χ4n) is 5.13. The number of hydrogen-bond acceptors (Lipinski definition) is 5. The number of fused-ring (bicyclic) bond motifs is 4. The Morgan fingerprint density at radius 1 is 1.16 bits per heavy atom. The molecular weight excluding hydrogens is 439 g/mol. The van der Waals surface area contributed by atoms with Gasteiger partial charge in [0.2, 0.25) is 0 Å². The van der Waals surface area contributed by atoms with Gasteiger partial charge in [0.25, 0.3) is 11.5 Å². The van der Waals surface area contributed by atoms with Crippen LogP contribution < -0.4 is 10.9 Å². The summed E-state index contributed by atoms with van der Waals surface area (Å²) in [5, 5.41) is 14.4. The number of halogens is 2. The molecule has 5 rings (SSSR count). The van der Waals surface area contributed by atoms with Crippen LogP contribution in [-0.2, 0) is 12.1 Å². The molecule has 168 valence electrons. The van der Waals surface area contributed by atoms with Crippen LogP contribution in [0.15, 0.2) is 41.5 Å². The molecule has 0 aromatic carbocycles. The first-order valence-corrected chi connectivity index (χ1v) is 10.4. The number of carbonyl (C=O) groups excluding carboxylic acids is 1. The molecule has 2 fully saturated rings. The standard InChI is InChI=1S/C22H26N4O3.2ClH/c27-20(25-8-5-22(29,6-9-25)17-2-1-7-23-13-17)18-3-4-19-16-10-15(11-24-12-16)14-26(19)21(18)28;;/h1-4,7,13,15-16,24,29H,5-6,8-12,14H2;2*1H/t15-,16+;;/m0../s1. The molecule has 5 heterocycles. The predicted molar refractivity (Wildman–Crippen MR) is 122 cm³/mol. The Labute approximate surface area is 193 Å². The lowest BCUT2D eigenvalue weighted by Gasteiger charge is -2.39. The maximum Gasteiger partial charge on any atom is 0.263 e. The second-order valence-electron chi connectivity index (χ2n) is 8.61. The summed E-state index contributed by atoms with van der Waals surface area (Å²) in [6.07, 6.45) is 5.34. The van der Waals surface area contributed by atoms with Gasteiger partial charge in [-0.15, -0.1) is 24.8 Å². The molecule has 0 spiro atoms. The van der Waals surface area contributed by atoms with Gasteiger partial charge < -0.3 is 19.9 Å². The summed E-state index contributed by atoms with van der Waals surface area (Å²) in [7, 11) is 0. The van der Waals surface area contributed by atoms with E-state index in [1.165, 1.54) is 0 Å². The second kappa shape index (κ2) is 9.28. The molecule has 0 saturated carbocycles. The van der Waals surface area contributed by atoms with Crippen molar-refractivity contribution in [3.63, 3.8) is 0 Å². The van der Waals surface area contributed by atoms with E-state index in [1.54, 1.807) is 23.4 Å². The molecule has 2 atom stereocenters. The fraction of sp³-hybridized carbons (Fsp3) is 0.500. The summed E-state index contributed by atoms with van der Waals surface area (Å²) in [5.74, 6) is 0.574. The normalized spacial score (nSPS) is 23.7. The molecule has 7 nitrogen and oxygen atoms in total. The Morgan fingerprint density at radius 3 is 2.65 bits per heavy atom. The van der Waals surface area contributed by atoms with E-state index in [-0.39, 0.29) is 41.8 Å². The first kappa shape index (κ1) is 23.7. The molecule has 0 aliphatic carbocycles. The first-order valence-electron chi connectivity index (χ1n) is 10.4. The minimum absolute atomic E-state index is 0. The maximum atomic E-state index is 13.1. The predicted octanol–water partition coefficient (Wildman–Crippen LogP) is 1.92. The Hall–Kier alpha value is -1.93. The third-order valence-electron chi connectivity index (χ3n) is 6.82. The van der Waals surface area contributed by atoms with Gasteiger partial charge in [0.15, 0.2) is 0 Å². The van der Waals surface area contributed by atoms with E-state index in [2.05, 4.69) is 10.3 Å². The number of hydrogen-bond donors (Lipinski definition) is 2. The topological polar surface area (TPSA) is 87.5 Å². The SMILES string of the molecule is Cl.Cl.O=C(c1ccc2n(c1=O)C[C@@H]1CNC[C@H]2C1)N1CCC(O)(c2cccnc2)CC1. The van der Waals surface area contributed by atoms with Crippen LogP contribution in [0.4, 0.5) is 0 Å². The van der Waals surface area contributed by atoms with Crippen LogP contribution in [0.2, 0.25) is 0 Å². The van der Waals surface area contributed by atoms with Gasteiger partial charge in [-0.25, -0.2) is 0 Å².